The number of carbonyl (C=O) groups excluding carboxylic acids is 2. The van der Waals surface area contributed by atoms with Gasteiger partial charge in [-0.3, -0.25) is 4.79 Å². The van der Waals surface area contributed by atoms with E-state index in [4.69, 9.17) is 10.00 Å². The van der Waals surface area contributed by atoms with E-state index in [-0.39, 0.29) is 36.1 Å². The van der Waals surface area contributed by atoms with Crippen molar-refractivity contribution in [3.63, 3.8) is 0 Å². The molecule has 32 heavy (non-hydrogen) atoms. The lowest BCUT2D eigenvalue weighted by Crippen LogP contribution is -2.49. The zero-order valence-corrected chi connectivity index (χ0v) is 18.2. The van der Waals surface area contributed by atoms with Crippen LogP contribution in [0.2, 0.25) is 0 Å². The first kappa shape index (κ1) is 22.0. The fourth-order valence-electron chi connectivity index (χ4n) is 3.90. The summed E-state index contributed by atoms with van der Waals surface area (Å²) in [6.45, 7) is 0.833. The van der Waals surface area contributed by atoms with Gasteiger partial charge in [-0.2, -0.15) is 9.57 Å². The molecule has 0 saturated carbocycles. The van der Waals surface area contributed by atoms with E-state index in [0.29, 0.717) is 19.4 Å². The Morgan fingerprint density at radius 2 is 1.84 bits per heavy atom. The first-order valence-corrected chi connectivity index (χ1v) is 11.9. The summed E-state index contributed by atoms with van der Waals surface area (Å²) in [7, 11) is -3.77. The van der Waals surface area contributed by atoms with Gasteiger partial charge >= 0.3 is 5.97 Å². The Kier molecular flexibility index (Phi) is 6.26. The van der Waals surface area contributed by atoms with Crippen LogP contribution in [-0.4, -0.2) is 55.2 Å². The van der Waals surface area contributed by atoms with Gasteiger partial charge in [0.15, 0.2) is 0 Å². The van der Waals surface area contributed by atoms with Crippen LogP contribution in [0.4, 0.5) is 0 Å². The van der Waals surface area contributed by atoms with E-state index < -0.39 is 27.9 Å². The highest BCUT2D eigenvalue weighted by Crippen LogP contribution is 2.27. The van der Waals surface area contributed by atoms with Crippen LogP contribution in [0.15, 0.2) is 59.5 Å². The van der Waals surface area contributed by atoms with Crippen molar-refractivity contribution in [2.75, 3.05) is 19.6 Å². The molecule has 2 aliphatic heterocycles. The van der Waals surface area contributed by atoms with Crippen LogP contribution in [-0.2, 0) is 26.2 Å². The molecule has 0 radical (unpaired) electrons. The fourth-order valence-corrected chi connectivity index (χ4v) is 5.48. The van der Waals surface area contributed by atoms with E-state index in [1.807, 2.05) is 36.4 Å². The number of hydrogen-bond donors (Lipinski definition) is 0. The lowest BCUT2D eigenvalue weighted by Gasteiger charge is -2.34. The number of likely N-dealkylation sites (tertiary alicyclic amines) is 1. The fraction of sp³-hybridized carbons (Fsp3) is 0.348. The van der Waals surface area contributed by atoms with Gasteiger partial charge in [-0.1, -0.05) is 36.4 Å². The van der Waals surface area contributed by atoms with Crippen molar-refractivity contribution in [1.29, 1.82) is 5.26 Å². The third kappa shape index (κ3) is 4.38. The Bertz CT molecular complexity index is 1150. The Labute approximate surface area is 187 Å². The molecule has 2 aromatic rings. The minimum Gasteiger partial charge on any atom is -0.459 e. The predicted octanol–water partition coefficient (Wildman–Crippen LogP) is 2.18. The number of rotatable bonds is 6. The summed E-state index contributed by atoms with van der Waals surface area (Å²) in [5.74, 6) is -1.17. The largest absolute Gasteiger partial charge is 0.459 e. The van der Waals surface area contributed by atoms with Gasteiger partial charge in [-0.15, -0.1) is 0 Å². The van der Waals surface area contributed by atoms with E-state index >= 15 is 0 Å². The second kappa shape index (κ2) is 9.10. The van der Waals surface area contributed by atoms with E-state index in [9.17, 15) is 18.0 Å². The number of sulfonamides is 1. The molecule has 4 rings (SSSR count). The number of hydrogen-bond acceptors (Lipinski definition) is 6. The normalized spacial score (nSPS) is 19.2. The summed E-state index contributed by atoms with van der Waals surface area (Å²) in [5.41, 5.74) is 1.06. The highest BCUT2D eigenvalue weighted by atomic mass is 32.2. The molecule has 2 fully saturated rings. The molecule has 2 heterocycles. The maximum atomic E-state index is 13.1. The van der Waals surface area contributed by atoms with Gasteiger partial charge in [0.1, 0.15) is 12.6 Å². The second-order valence-electron chi connectivity index (χ2n) is 7.93. The predicted molar refractivity (Wildman–Crippen MR) is 115 cm³/mol. The van der Waals surface area contributed by atoms with Gasteiger partial charge < -0.3 is 9.64 Å². The zero-order valence-electron chi connectivity index (χ0n) is 17.4. The average molecular weight is 454 g/mol. The van der Waals surface area contributed by atoms with Crippen molar-refractivity contribution < 1.29 is 22.7 Å². The molecule has 0 spiro atoms. The topological polar surface area (TPSA) is 108 Å². The highest BCUT2D eigenvalue weighted by molar-refractivity contribution is 7.89. The minimum atomic E-state index is -3.77. The van der Waals surface area contributed by atoms with Crippen molar-refractivity contribution in [3.05, 3.63) is 65.7 Å². The Balaban J connectivity index is 1.46. The summed E-state index contributed by atoms with van der Waals surface area (Å²) < 4.78 is 32.2. The van der Waals surface area contributed by atoms with Crippen LogP contribution < -0.4 is 0 Å². The zero-order chi connectivity index (χ0) is 22.7. The van der Waals surface area contributed by atoms with Crippen LogP contribution in [0.3, 0.4) is 0 Å². The first-order chi connectivity index (χ1) is 15.4. The third-order valence-corrected chi connectivity index (χ3v) is 7.59. The molecule has 2 saturated heterocycles. The number of nitrogens with zero attached hydrogens (tertiary/aromatic N) is 3. The van der Waals surface area contributed by atoms with Crippen molar-refractivity contribution in [3.8, 4) is 6.07 Å². The molecule has 0 bridgehead atoms. The van der Waals surface area contributed by atoms with Crippen molar-refractivity contribution in [2.24, 2.45) is 5.92 Å². The van der Waals surface area contributed by atoms with Crippen molar-refractivity contribution in [1.82, 2.24) is 9.21 Å². The van der Waals surface area contributed by atoms with Crippen LogP contribution in [0, 0.1) is 17.2 Å². The molecule has 1 amide bonds. The summed E-state index contributed by atoms with van der Waals surface area (Å²) in [5, 5.41) is 8.89. The summed E-state index contributed by atoms with van der Waals surface area (Å²) in [4.78, 5) is 27.2. The summed E-state index contributed by atoms with van der Waals surface area (Å²) in [6.07, 6.45) is 1.17. The number of amides is 1. The maximum absolute atomic E-state index is 13.1. The summed E-state index contributed by atoms with van der Waals surface area (Å²) in [6, 6.07) is 16.5. The maximum Gasteiger partial charge on any atom is 0.329 e. The molecule has 8 nitrogen and oxygen atoms in total. The Morgan fingerprint density at radius 1 is 1.09 bits per heavy atom. The van der Waals surface area contributed by atoms with Gasteiger partial charge in [0.05, 0.1) is 16.9 Å². The Hall–Kier alpha value is -3.22. The Morgan fingerprint density at radius 3 is 2.56 bits per heavy atom. The molecule has 9 heteroatoms. The monoisotopic (exact) mass is 453 g/mol. The van der Waals surface area contributed by atoms with Crippen molar-refractivity contribution >= 4 is 21.9 Å². The van der Waals surface area contributed by atoms with E-state index in [1.54, 1.807) is 6.07 Å². The van der Waals surface area contributed by atoms with Gasteiger partial charge in [0.2, 0.25) is 10.0 Å². The van der Waals surface area contributed by atoms with Crippen molar-refractivity contribution in [2.45, 2.75) is 30.4 Å². The lowest BCUT2D eigenvalue weighted by atomic mass is 10.1. The lowest BCUT2D eigenvalue weighted by molar-refractivity contribution is -0.149. The summed E-state index contributed by atoms with van der Waals surface area (Å²) >= 11 is 0. The average Bonchev–Trinajstić information content (AvgIpc) is 3.27. The van der Waals surface area contributed by atoms with Crippen LogP contribution >= 0.6 is 0 Å². The minimum absolute atomic E-state index is 0.00198. The molecule has 0 N–H and O–H groups in total. The van der Waals surface area contributed by atoms with Crippen LogP contribution in [0.5, 0.6) is 0 Å². The molecule has 0 aromatic heterocycles. The standard InChI is InChI=1S/C23H23N3O5S/c24-13-18-14-25(15-18)32(29,30)20-9-4-8-19(12-20)22(27)26-11-5-10-21(26)23(28)31-16-17-6-2-1-3-7-17/h1-4,6-9,12,18,21H,5,10-11,14-16H2/t21-/m1/s1. The van der Waals surface area contributed by atoms with Crippen LogP contribution in [0.1, 0.15) is 28.8 Å². The molecule has 0 aliphatic carbocycles. The van der Waals surface area contributed by atoms with Gasteiger partial charge in [0, 0.05) is 25.2 Å². The number of ether oxygens (including phenoxy) is 1. The quantitative estimate of drug-likeness (QED) is 0.621. The second-order valence-corrected chi connectivity index (χ2v) is 9.86. The number of nitriles is 1. The SMILES string of the molecule is N#CC1CN(S(=O)(=O)c2cccc(C(=O)N3CCC[C@@H]3C(=O)OCc3ccccc3)c2)C1. The number of benzene rings is 2. The molecule has 2 aromatic carbocycles. The first-order valence-electron chi connectivity index (χ1n) is 10.4. The van der Waals surface area contributed by atoms with Gasteiger partial charge in [0.25, 0.3) is 5.91 Å². The number of esters is 1. The third-order valence-electron chi connectivity index (χ3n) is 5.76. The van der Waals surface area contributed by atoms with Gasteiger partial charge in [-0.25, -0.2) is 13.2 Å². The van der Waals surface area contributed by atoms with Crippen LogP contribution in [0.25, 0.3) is 0 Å². The molecule has 0 unspecified atom stereocenters. The van der Waals surface area contributed by atoms with Gasteiger partial charge in [-0.05, 0) is 36.6 Å². The van der Waals surface area contributed by atoms with E-state index in [2.05, 4.69) is 0 Å². The number of carbonyl (C=O) groups is 2. The van der Waals surface area contributed by atoms with E-state index in [1.165, 1.54) is 27.4 Å². The molecular formula is C23H23N3O5S. The smallest absolute Gasteiger partial charge is 0.329 e. The highest BCUT2D eigenvalue weighted by Gasteiger charge is 2.38. The molecular weight excluding hydrogens is 430 g/mol. The molecule has 166 valence electrons. The van der Waals surface area contributed by atoms with E-state index in [0.717, 1.165) is 5.56 Å². The molecule has 2 aliphatic rings. The molecule has 1 atom stereocenters.